The largest absolute Gasteiger partial charge is 0.351 e. The predicted molar refractivity (Wildman–Crippen MR) is 117 cm³/mol. The molecule has 3 rings (SSSR count). The first-order valence-electron chi connectivity index (χ1n) is 9.30. The van der Waals surface area contributed by atoms with Crippen LogP contribution in [0.4, 0.5) is 5.69 Å². The van der Waals surface area contributed by atoms with Gasteiger partial charge in [0.05, 0.1) is 12.3 Å². The zero-order chi connectivity index (χ0) is 20.6. The molecule has 0 bridgehead atoms. The van der Waals surface area contributed by atoms with E-state index in [1.54, 1.807) is 11.3 Å². The van der Waals surface area contributed by atoms with E-state index in [2.05, 4.69) is 21.3 Å². The van der Waals surface area contributed by atoms with Crippen molar-refractivity contribution in [2.45, 2.75) is 37.8 Å². The zero-order valence-corrected chi connectivity index (χ0v) is 17.7. The monoisotopic (exact) mass is 432 g/mol. The van der Waals surface area contributed by atoms with Gasteiger partial charge in [0.2, 0.25) is 17.7 Å². The van der Waals surface area contributed by atoms with Crippen LogP contribution in [0.1, 0.15) is 23.3 Å². The number of thioether (sulfide) groups is 1. The highest BCUT2D eigenvalue weighted by molar-refractivity contribution is 8.00. The van der Waals surface area contributed by atoms with Gasteiger partial charge in [-0.05, 0) is 30.5 Å². The van der Waals surface area contributed by atoms with Crippen LogP contribution >= 0.6 is 23.1 Å². The summed E-state index contributed by atoms with van der Waals surface area (Å²) in [6.45, 7) is 2.48. The topological polar surface area (TPSA) is 99.3 Å². The Bertz CT molecular complexity index is 840. The molecule has 2 aromatic rings. The predicted octanol–water partition coefficient (Wildman–Crippen LogP) is 2.20. The highest BCUT2D eigenvalue weighted by atomic mass is 32.2. The van der Waals surface area contributed by atoms with E-state index in [1.807, 2.05) is 48.7 Å². The third-order valence-electron chi connectivity index (χ3n) is 4.30. The molecule has 2 unspecified atom stereocenters. The van der Waals surface area contributed by atoms with Gasteiger partial charge < -0.3 is 16.0 Å². The maximum absolute atomic E-state index is 12.2. The minimum Gasteiger partial charge on any atom is -0.351 e. The van der Waals surface area contributed by atoms with Gasteiger partial charge >= 0.3 is 0 Å². The maximum atomic E-state index is 12.2. The van der Waals surface area contributed by atoms with Gasteiger partial charge in [-0.3, -0.25) is 19.7 Å². The Morgan fingerprint density at radius 2 is 2.00 bits per heavy atom. The van der Waals surface area contributed by atoms with Crippen molar-refractivity contribution in [3.8, 4) is 0 Å². The molecule has 1 aromatic carbocycles. The Morgan fingerprint density at radius 3 is 2.72 bits per heavy atom. The molecule has 154 valence electrons. The van der Waals surface area contributed by atoms with Crippen molar-refractivity contribution in [2.24, 2.45) is 0 Å². The summed E-state index contributed by atoms with van der Waals surface area (Å²) in [5, 5.41) is 13.7. The number of carbonyl (C=O) groups excluding carboxylic acids is 3. The summed E-state index contributed by atoms with van der Waals surface area (Å²) in [6.07, 6.45) is 0.449. The number of rotatable bonds is 8. The first kappa shape index (κ1) is 21.4. The minimum absolute atomic E-state index is 0.105. The molecule has 2 heterocycles. The lowest BCUT2D eigenvalue weighted by atomic mass is 10.1. The van der Waals surface area contributed by atoms with E-state index in [0.717, 1.165) is 16.1 Å². The summed E-state index contributed by atoms with van der Waals surface area (Å²) in [6, 6.07) is 11.2. The van der Waals surface area contributed by atoms with Crippen molar-refractivity contribution in [3.05, 3.63) is 52.2 Å². The molecular weight excluding hydrogens is 408 g/mol. The molecule has 1 saturated heterocycles. The first-order chi connectivity index (χ1) is 14.0. The summed E-state index contributed by atoms with van der Waals surface area (Å²) < 4.78 is 0. The number of carbonyl (C=O) groups is 3. The normalized spacial score (nSPS) is 18.7. The molecule has 0 saturated carbocycles. The Balaban J connectivity index is 1.41. The van der Waals surface area contributed by atoms with Gasteiger partial charge in [-0.2, -0.15) is 0 Å². The summed E-state index contributed by atoms with van der Waals surface area (Å²) >= 11 is 2.88. The highest BCUT2D eigenvalue weighted by Crippen LogP contribution is 2.16. The van der Waals surface area contributed by atoms with E-state index in [9.17, 15) is 14.4 Å². The average molecular weight is 433 g/mol. The van der Waals surface area contributed by atoms with E-state index >= 15 is 0 Å². The van der Waals surface area contributed by atoms with Gasteiger partial charge in [0, 0.05) is 29.4 Å². The van der Waals surface area contributed by atoms with Crippen LogP contribution in [0.25, 0.3) is 0 Å². The van der Waals surface area contributed by atoms with Crippen LogP contribution in [0.2, 0.25) is 0 Å². The molecule has 9 heteroatoms. The summed E-state index contributed by atoms with van der Waals surface area (Å²) in [5.74, 6) is -0.197. The standard InChI is InChI=1S/C20H24N4O3S2/c1-13-4-6-14(7-5-13)22-19(27)12-29-20-23-15(10-18(26)24-20)9-17(25)21-11-16-3-2-8-28-16/h2-8,15,20,23H,9-12H2,1H3,(H,21,25)(H,22,27)(H,24,26). The second-order valence-corrected chi connectivity index (χ2v) is 8.93. The Kier molecular flexibility index (Phi) is 7.68. The van der Waals surface area contributed by atoms with E-state index in [0.29, 0.717) is 6.54 Å². The van der Waals surface area contributed by atoms with Gasteiger partial charge in [0.1, 0.15) is 5.50 Å². The maximum Gasteiger partial charge on any atom is 0.234 e. The molecule has 2 atom stereocenters. The average Bonchev–Trinajstić information content (AvgIpc) is 3.20. The zero-order valence-electron chi connectivity index (χ0n) is 16.1. The lowest BCUT2D eigenvalue weighted by Crippen LogP contribution is -2.56. The smallest absolute Gasteiger partial charge is 0.234 e. The van der Waals surface area contributed by atoms with Gasteiger partial charge in [-0.1, -0.05) is 23.8 Å². The van der Waals surface area contributed by atoms with E-state index in [4.69, 9.17) is 0 Å². The van der Waals surface area contributed by atoms with Crippen LogP contribution in [0, 0.1) is 6.92 Å². The second kappa shape index (κ2) is 10.4. The van der Waals surface area contributed by atoms with Crippen molar-refractivity contribution >= 4 is 46.5 Å². The number of nitrogens with one attached hydrogen (secondary N) is 4. The Morgan fingerprint density at radius 1 is 1.21 bits per heavy atom. The number of hydrogen-bond donors (Lipinski definition) is 4. The summed E-state index contributed by atoms with van der Waals surface area (Å²) in [4.78, 5) is 37.4. The van der Waals surface area contributed by atoms with Crippen LogP contribution in [-0.4, -0.2) is 35.0 Å². The SMILES string of the molecule is Cc1ccc(NC(=O)CSC2NC(=O)CC(CC(=O)NCc3cccs3)N2)cc1. The van der Waals surface area contributed by atoms with Gasteiger partial charge in [-0.15, -0.1) is 23.1 Å². The molecule has 0 aliphatic carbocycles. The van der Waals surface area contributed by atoms with E-state index in [-0.39, 0.29) is 42.4 Å². The molecular formula is C20H24N4O3S2. The van der Waals surface area contributed by atoms with Crippen LogP contribution in [-0.2, 0) is 20.9 Å². The van der Waals surface area contributed by atoms with Crippen LogP contribution in [0.15, 0.2) is 41.8 Å². The summed E-state index contributed by atoms with van der Waals surface area (Å²) in [7, 11) is 0. The first-order valence-corrected chi connectivity index (χ1v) is 11.2. The van der Waals surface area contributed by atoms with Gasteiger partial charge in [-0.25, -0.2) is 0 Å². The molecule has 1 aliphatic heterocycles. The molecule has 1 aromatic heterocycles. The van der Waals surface area contributed by atoms with Crippen molar-refractivity contribution < 1.29 is 14.4 Å². The van der Waals surface area contributed by atoms with Crippen molar-refractivity contribution in [3.63, 3.8) is 0 Å². The lowest BCUT2D eigenvalue weighted by Gasteiger charge is -2.30. The number of aryl methyl sites for hydroxylation is 1. The fourth-order valence-corrected chi connectivity index (χ4v) is 4.39. The lowest BCUT2D eigenvalue weighted by molar-refractivity contribution is -0.125. The molecule has 7 nitrogen and oxygen atoms in total. The van der Waals surface area contributed by atoms with Crippen molar-refractivity contribution in [2.75, 3.05) is 11.1 Å². The highest BCUT2D eigenvalue weighted by Gasteiger charge is 2.28. The molecule has 1 aliphatic rings. The fraction of sp³-hybridized carbons (Fsp3) is 0.350. The second-order valence-electron chi connectivity index (χ2n) is 6.80. The van der Waals surface area contributed by atoms with E-state index < -0.39 is 5.50 Å². The summed E-state index contributed by atoms with van der Waals surface area (Å²) in [5.41, 5.74) is 1.45. The van der Waals surface area contributed by atoms with Crippen LogP contribution < -0.4 is 21.3 Å². The van der Waals surface area contributed by atoms with E-state index in [1.165, 1.54) is 11.8 Å². The number of thiophene rings is 1. The number of hydrogen-bond acceptors (Lipinski definition) is 6. The minimum atomic E-state index is -0.407. The van der Waals surface area contributed by atoms with Crippen LogP contribution in [0.3, 0.4) is 0 Å². The van der Waals surface area contributed by atoms with Gasteiger partial charge in [0.25, 0.3) is 0 Å². The van der Waals surface area contributed by atoms with Gasteiger partial charge in [0.15, 0.2) is 0 Å². The van der Waals surface area contributed by atoms with Crippen molar-refractivity contribution in [1.29, 1.82) is 0 Å². The fourth-order valence-electron chi connectivity index (χ4n) is 2.85. The Hall–Kier alpha value is -2.36. The quantitative estimate of drug-likeness (QED) is 0.513. The number of benzene rings is 1. The molecule has 29 heavy (non-hydrogen) atoms. The molecule has 4 N–H and O–H groups in total. The third-order valence-corrected chi connectivity index (χ3v) is 6.19. The third kappa shape index (κ3) is 7.19. The number of amides is 3. The van der Waals surface area contributed by atoms with Crippen molar-refractivity contribution in [1.82, 2.24) is 16.0 Å². The molecule has 0 radical (unpaired) electrons. The number of anilines is 1. The molecule has 0 spiro atoms. The Labute approximate surface area is 178 Å². The molecule has 3 amide bonds. The molecule has 1 fully saturated rings. The van der Waals surface area contributed by atoms with Crippen LogP contribution in [0.5, 0.6) is 0 Å².